The van der Waals surface area contributed by atoms with Gasteiger partial charge in [-0.2, -0.15) is 0 Å². The highest BCUT2D eigenvalue weighted by molar-refractivity contribution is 6.45. The summed E-state index contributed by atoms with van der Waals surface area (Å²) in [6.45, 7) is 16.4. The van der Waals surface area contributed by atoms with Crippen LogP contribution in [0.1, 0.15) is 131 Å². The van der Waals surface area contributed by atoms with Crippen LogP contribution in [0.3, 0.4) is 0 Å². The first kappa shape index (κ1) is 57.2. The number of nitrogens with two attached hydrogens (primary N) is 2. The number of nitrogens with one attached hydrogen (secondary N) is 4. The predicted octanol–water partition coefficient (Wildman–Crippen LogP) is 9.01. The highest BCUT2D eigenvalue weighted by Crippen LogP contribution is 2.40. The lowest BCUT2D eigenvalue weighted by atomic mass is 9.82. The summed E-state index contributed by atoms with van der Waals surface area (Å²) in [5.74, 6) is 6.31. The first-order valence-corrected chi connectivity index (χ1v) is 26.6. The zero-order valence-corrected chi connectivity index (χ0v) is 44.3. The van der Waals surface area contributed by atoms with Crippen LogP contribution in [0, 0.1) is 5.92 Å². The second kappa shape index (κ2) is 29.7. The van der Waals surface area contributed by atoms with Crippen LogP contribution in [-0.2, 0) is 24.3 Å². The number of aliphatic hydroxyl groups is 2. The molecule has 1 atom stereocenters. The highest BCUT2D eigenvalue weighted by atomic mass is 35.5. The van der Waals surface area contributed by atoms with Crippen molar-refractivity contribution in [1.29, 1.82) is 0 Å². The zero-order chi connectivity index (χ0) is 51.2. The number of unbranched alkanes of at least 4 members (excludes halogenated alkanes) is 10. The van der Waals surface area contributed by atoms with Gasteiger partial charge >= 0.3 is 0 Å². The number of amides is 1. The van der Waals surface area contributed by atoms with Crippen molar-refractivity contribution in [2.45, 2.75) is 128 Å². The van der Waals surface area contributed by atoms with Crippen molar-refractivity contribution >= 4 is 64.5 Å². The van der Waals surface area contributed by atoms with Crippen molar-refractivity contribution in [1.82, 2.24) is 35.7 Å². The SMILES string of the molecule is C=C(CCCCCCCCCCCCCNCc1ccc(/C(=C(\N=CNC=O)C(C)CC2(O)CCN(C)CC2)N(C)N)cc1)NCCN=C/C=C(\N)c1cc(Cl)c(Cl)c2[nH]c3c(c12)CN(C(=C)CO)CC3. The molecule has 1 amide bonds. The van der Waals surface area contributed by atoms with Crippen LogP contribution in [0.15, 0.2) is 76.6 Å². The summed E-state index contributed by atoms with van der Waals surface area (Å²) >= 11 is 13.2. The Balaban J connectivity index is 0.888. The fourth-order valence-electron chi connectivity index (χ4n) is 9.81. The number of benzene rings is 2. The molecular formula is C55H83Cl2N11O3. The first-order chi connectivity index (χ1) is 34.2. The number of allylic oxidation sites excluding steroid dienone is 3. The minimum Gasteiger partial charge on any atom is -0.398 e. The van der Waals surface area contributed by atoms with Gasteiger partial charge in [0.05, 0.1) is 52.0 Å². The Hall–Kier alpha value is -4.67. The van der Waals surface area contributed by atoms with Gasteiger partial charge in [-0.05, 0) is 69.8 Å². The zero-order valence-electron chi connectivity index (χ0n) is 42.8. The van der Waals surface area contributed by atoms with Gasteiger partial charge in [-0.1, -0.05) is 125 Å². The molecule has 2 aliphatic heterocycles. The maximum absolute atomic E-state index is 11.4. The van der Waals surface area contributed by atoms with E-state index in [2.05, 4.69) is 92.1 Å². The normalized spacial score (nSPS) is 16.1. The number of H-pyrrole nitrogens is 1. The first-order valence-electron chi connectivity index (χ1n) is 25.8. The molecule has 1 unspecified atom stereocenters. The van der Waals surface area contributed by atoms with E-state index in [-0.39, 0.29) is 12.5 Å². The molecular weight excluding hydrogens is 934 g/mol. The third kappa shape index (κ3) is 17.8. The topological polar surface area (TPSA) is 196 Å². The number of carbonyl (C=O) groups is 1. The molecule has 71 heavy (non-hydrogen) atoms. The predicted molar refractivity (Wildman–Crippen MR) is 297 cm³/mol. The molecule has 3 aromatic rings. The molecule has 0 saturated carbocycles. The number of piperidine rings is 1. The Bertz CT molecular complexity index is 2300. The molecule has 2 aliphatic rings. The second-order valence-corrected chi connectivity index (χ2v) is 20.5. The largest absolute Gasteiger partial charge is 0.398 e. The summed E-state index contributed by atoms with van der Waals surface area (Å²) in [5, 5.41) is 34.0. The Morgan fingerprint density at radius 1 is 1.00 bits per heavy atom. The van der Waals surface area contributed by atoms with Crippen LogP contribution in [0.25, 0.3) is 22.3 Å². The number of halogens is 2. The minimum atomic E-state index is -0.769. The number of hydrazine groups is 1. The highest BCUT2D eigenvalue weighted by Gasteiger charge is 2.34. The second-order valence-electron chi connectivity index (χ2n) is 19.7. The molecule has 1 saturated heterocycles. The molecule has 1 aromatic heterocycles. The third-order valence-electron chi connectivity index (χ3n) is 14.0. The number of carbonyl (C=O) groups excluding carboxylic acids is 1. The van der Waals surface area contributed by atoms with Crippen LogP contribution >= 0.6 is 23.2 Å². The fraction of sp³-hybridized carbons (Fsp3) is 0.545. The molecule has 5 rings (SSSR count). The van der Waals surface area contributed by atoms with Crippen LogP contribution in [0.5, 0.6) is 0 Å². The summed E-state index contributed by atoms with van der Waals surface area (Å²) in [5.41, 5.74) is 15.5. The maximum atomic E-state index is 11.4. The van der Waals surface area contributed by atoms with E-state index in [0.717, 1.165) is 102 Å². The quantitative estimate of drug-likeness (QED) is 0.00747. The van der Waals surface area contributed by atoms with E-state index in [4.69, 9.17) is 34.8 Å². The molecule has 2 aromatic carbocycles. The van der Waals surface area contributed by atoms with E-state index in [9.17, 15) is 15.0 Å². The lowest BCUT2D eigenvalue weighted by Crippen LogP contribution is -2.44. The van der Waals surface area contributed by atoms with Crippen molar-refractivity contribution < 1.29 is 15.0 Å². The standard InChI is InChI=1S/C55H83Cl2N11O3/c1-40(34-55(71)24-31-66(4)32-25-55)52(64-38-62-39-70)54(67(5)59)44-20-18-43(19-21-44)35-61-26-16-14-12-10-8-6-7-9-11-13-15-17-41(2)63-29-28-60-27-22-48(58)45-33-47(56)51(57)53-50(45)46-36-68(42(3)37-69)30-23-49(46)65-53/h18-22,27,33,38-40,61,63,65,69,71H,2-3,6-17,23-26,28-32,34-37,58-59H2,1,4-5H3,(H,62,64,70)/b48-22-,54-52+,60-27?. The summed E-state index contributed by atoms with van der Waals surface area (Å²) in [6.07, 6.45) is 23.1. The van der Waals surface area contributed by atoms with E-state index in [1.807, 2.05) is 6.07 Å². The van der Waals surface area contributed by atoms with Crippen molar-refractivity contribution in [3.63, 3.8) is 0 Å². The molecule has 1 fully saturated rings. The third-order valence-corrected chi connectivity index (χ3v) is 14.7. The van der Waals surface area contributed by atoms with Crippen molar-refractivity contribution in [2.24, 2.45) is 27.5 Å². The van der Waals surface area contributed by atoms with Crippen molar-refractivity contribution in [3.8, 4) is 0 Å². The molecule has 0 bridgehead atoms. The monoisotopic (exact) mass is 1020 g/mol. The maximum Gasteiger partial charge on any atom is 0.212 e. The molecule has 3 heterocycles. The lowest BCUT2D eigenvalue weighted by Gasteiger charge is -2.38. The molecule has 14 nitrogen and oxygen atoms in total. The summed E-state index contributed by atoms with van der Waals surface area (Å²) in [6, 6.07) is 10.2. The number of hydrogen-bond donors (Lipinski definition) is 8. The minimum absolute atomic E-state index is 0.0869. The number of likely N-dealkylation sites (tertiary alicyclic amines) is 1. The van der Waals surface area contributed by atoms with Gasteiger partial charge in [0.25, 0.3) is 0 Å². The van der Waals surface area contributed by atoms with E-state index in [1.165, 1.54) is 76.1 Å². The van der Waals surface area contributed by atoms with Crippen LogP contribution in [0.2, 0.25) is 10.0 Å². The summed E-state index contributed by atoms with van der Waals surface area (Å²) in [7, 11) is 3.88. The Kier molecular flexibility index (Phi) is 24.0. The van der Waals surface area contributed by atoms with Gasteiger partial charge < -0.3 is 51.7 Å². The molecule has 0 radical (unpaired) electrons. The smallest absolute Gasteiger partial charge is 0.212 e. The number of aliphatic hydroxyl groups excluding tert-OH is 1. The molecule has 390 valence electrons. The van der Waals surface area contributed by atoms with Gasteiger partial charge in [0.2, 0.25) is 6.41 Å². The number of aromatic amines is 1. The van der Waals surface area contributed by atoms with Gasteiger partial charge in [0.1, 0.15) is 0 Å². The van der Waals surface area contributed by atoms with E-state index < -0.39 is 5.60 Å². The number of rotatable bonds is 32. The van der Waals surface area contributed by atoms with E-state index >= 15 is 0 Å². The van der Waals surface area contributed by atoms with E-state index in [0.29, 0.717) is 66.7 Å². The molecule has 0 spiro atoms. The summed E-state index contributed by atoms with van der Waals surface area (Å²) < 4.78 is 0. The number of hydrogen-bond acceptors (Lipinski definition) is 12. The average molecular weight is 1020 g/mol. The van der Waals surface area contributed by atoms with Crippen LogP contribution in [-0.4, -0.2) is 115 Å². The number of aromatic nitrogens is 1. The number of aliphatic imine (C=N–C) groups is 2. The lowest BCUT2D eigenvalue weighted by molar-refractivity contribution is -0.108. The van der Waals surface area contributed by atoms with Gasteiger partial charge in [-0.25, -0.2) is 10.8 Å². The van der Waals surface area contributed by atoms with E-state index in [1.54, 1.807) is 24.3 Å². The number of fused-ring (bicyclic) bond motifs is 3. The van der Waals surface area contributed by atoms with Gasteiger partial charge in [0, 0.05) is 110 Å². The van der Waals surface area contributed by atoms with Crippen molar-refractivity contribution in [2.75, 3.05) is 60.0 Å². The van der Waals surface area contributed by atoms with Gasteiger partial charge in [0.15, 0.2) is 0 Å². The number of nitrogens with zero attached hydrogens (tertiary/aromatic N) is 5. The van der Waals surface area contributed by atoms with Crippen LogP contribution < -0.4 is 27.5 Å². The molecule has 0 aliphatic carbocycles. The summed E-state index contributed by atoms with van der Waals surface area (Å²) in [4.78, 5) is 28.0. The average Bonchev–Trinajstić information content (AvgIpc) is 3.74. The molecule has 10 N–H and O–H groups in total. The molecule has 16 heteroatoms. The van der Waals surface area contributed by atoms with Crippen molar-refractivity contribution in [3.05, 3.63) is 105 Å². The Labute approximate surface area is 433 Å². The Morgan fingerprint density at radius 2 is 1.66 bits per heavy atom. The van der Waals surface area contributed by atoms with Crippen LogP contribution in [0.4, 0.5) is 0 Å². The van der Waals surface area contributed by atoms with Gasteiger partial charge in [-0.3, -0.25) is 9.79 Å². The Morgan fingerprint density at radius 3 is 2.31 bits per heavy atom. The van der Waals surface area contributed by atoms with Gasteiger partial charge in [-0.15, -0.1) is 0 Å². The fourth-order valence-corrected chi connectivity index (χ4v) is 10.2.